The first-order valence-electron chi connectivity index (χ1n) is 5.61. The van der Waals surface area contributed by atoms with Gasteiger partial charge in [0.25, 0.3) is 5.91 Å². The number of benzene rings is 1. The third-order valence-electron chi connectivity index (χ3n) is 2.70. The first-order chi connectivity index (χ1) is 8.88. The monoisotopic (exact) mass is 278 g/mol. The standard InChI is InChI=1S/C13H14N2O3S/c1-15-8-4-7-12(15)13(16)14-10-5-3-6-11(9-10)19(2,17)18/h3-9H,1-2H3,(H,14,16). The van der Waals surface area contributed by atoms with Crippen molar-refractivity contribution in [1.82, 2.24) is 4.57 Å². The molecule has 2 aromatic rings. The molecule has 1 aromatic carbocycles. The fourth-order valence-electron chi connectivity index (χ4n) is 1.70. The average Bonchev–Trinajstić information content (AvgIpc) is 2.75. The summed E-state index contributed by atoms with van der Waals surface area (Å²) in [5.41, 5.74) is 0.957. The van der Waals surface area contributed by atoms with E-state index in [4.69, 9.17) is 0 Å². The van der Waals surface area contributed by atoms with Crippen LogP contribution in [-0.2, 0) is 16.9 Å². The van der Waals surface area contributed by atoms with E-state index in [2.05, 4.69) is 5.32 Å². The summed E-state index contributed by atoms with van der Waals surface area (Å²) in [5, 5.41) is 2.67. The second-order valence-corrected chi connectivity index (χ2v) is 6.27. The van der Waals surface area contributed by atoms with Gasteiger partial charge in [0.2, 0.25) is 0 Å². The lowest BCUT2D eigenvalue weighted by Gasteiger charge is -2.07. The molecular formula is C13H14N2O3S. The molecule has 0 aliphatic rings. The Morgan fingerprint density at radius 2 is 1.95 bits per heavy atom. The number of rotatable bonds is 3. The molecule has 100 valence electrons. The molecule has 6 heteroatoms. The van der Waals surface area contributed by atoms with Crippen LogP contribution in [0.5, 0.6) is 0 Å². The van der Waals surface area contributed by atoms with Crippen LogP contribution in [0, 0.1) is 0 Å². The van der Waals surface area contributed by atoms with Crippen molar-refractivity contribution in [3.63, 3.8) is 0 Å². The van der Waals surface area contributed by atoms with Gasteiger partial charge in [-0.25, -0.2) is 8.42 Å². The average molecular weight is 278 g/mol. The lowest BCUT2D eigenvalue weighted by Crippen LogP contribution is -2.15. The molecule has 1 amide bonds. The van der Waals surface area contributed by atoms with E-state index in [0.717, 1.165) is 6.26 Å². The maximum Gasteiger partial charge on any atom is 0.272 e. The van der Waals surface area contributed by atoms with Gasteiger partial charge in [0, 0.05) is 25.2 Å². The molecule has 1 N–H and O–H groups in total. The second-order valence-electron chi connectivity index (χ2n) is 4.26. The van der Waals surface area contributed by atoms with Gasteiger partial charge in [-0.2, -0.15) is 0 Å². The summed E-state index contributed by atoms with van der Waals surface area (Å²) < 4.78 is 24.6. The number of amides is 1. The molecule has 1 heterocycles. The van der Waals surface area contributed by atoms with Crippen LogP contribution in [0.3, 0.4) is 0 Å². The Morgan fingerprint density at radius 1 is 1.21 bits per heavy atom. The molecule has 5 nitrogen and oxygen atoms in total. The van der Waals surface area contributed by atoms with Crippen molar-refractivity contribution < 1.29 is 13.2 Å². The Morgan fingerprint density at radius 3 is 2.53 bits per heavy atom. The van der Waals surface area contributed by atoms with Crippen LogP contribution >= 0.6 is 0 Å². The molecule has 0 spiro atoms. The molecule has 0 aliphatic carbocycles. The Hall–Kier alpha value is -2.08. The van der Waals surface area contributed by atoms with Crippen LogP contribution in [0.2, 0.25) is 0 Å². The molecule has 19 heavy (non-hydrogen) atoms. The topological polar surface area (TPSA) is 68.2 Å². The number of aryl methyl sites for hydroxylation is 1. The van der Waals surface area contributed by atoms with Crippen molar-refractivity contribution in [2.75, 3.05) is 11.6 Å². The van der Waals surface area contributed by atoms with E-state index in [1.165, 1.54) is 12.1 Å². The quantitative estimate of drug-likeness (QED) is 0.928. The highest BCUT2D eigenvalue weighted by atomic mass is 32.2. The summed E-state index contributed by atoms with van der Waals surface area (Å²) in [7, 11) is -1.51. The molecule has 0 unspecified atom stereocenters. The fraction of sp³-hybridized carbons (Fsp3) is 0.154. The van der Waals surface area contributed by atoms with Crippen LogP contribution < -0.4 is 5.32 Å². The zero-order valence-corrected chi connectivity index (χ0v) is 11.4. The van der Waals surface area contributed by atoms with E-state index >= 15 is 0 Å². The number of hydrogen-bond donors (Lipinski definition) is 1. The Balaban J connectivity index is 2.25. The Kier molecular flexibility index (Phi) is 3.44. The van der Waals surface area contributed by atoms with Crippen molar-refractivity contribution in [2.45, 2.75) is 4.90 Å². The van der Waals surface area contributed by atoms with Crippen molar-refractivity contribution in [3.05, 3.63) is 48.3 Å². The van der Waals surface area contributed by atoms with E-state index in [1.807, 2.05) is 0 Å². The zero-order chi connectivity index (χ0) is 14.0. The van der Waals surface area contributed by atoms with Gasteiger partial charge in [0.1, 0.15) is 5.69 Å². The molecule has 0 saturated heterocycles. The number of anilines is 1. The fourth-order valence-corrected chi connectivity index (χ4v) is 2.36. The molecule has 0 radical (unpaired) electrons. The maximum atomic E-state index is 12.0. The second kappa shape index (κ2) is 4.89. The van der Waals surface area contributed by atoms with Gasteiger partial charge >= 0.3 is 0 Å². The number of carbonyl (C=O) groups is 1. The van der Waals surface area contributed by atoms with Crippen molar-refractivity contribution in [2.24, 2.45) is 7.05 Å². The lowest BCUT2D eigenvalue weighted by atomic mass is 10.3. The highest BCUT2D eigenvalue weighted by Crippen LogP contribution is 2.16. The van der Waals surface area contributed by atoms with Gasteiger partial charge in [-0.05, 0) is 30.3 Å². The summed E-state index contributed by atoms with van der Waals surface area (Å²) in [6, 6.07) is 9.63. The molecule has 1 aromatic heterocycles. The van der Waals surface area contributed by atoms with E-state index in [0.29, 0.717) is 11.4 Å². The van der Waals surface area contributed by atoms with Crippen molar-refractivity contribution >= 4 is 21.4 Å². The van der Waals surface area contributed by atoms with Crippen molar-refractivity contribution in [1.29, 1.82) is 0 Å². The van der Waals surface area contributed by atoms with E-state index in [9.17, 15) is 13.2 Å². The summed E-state index contributed by atoms with van der Waals surface area (Å²) >= 11 is 0. The minimum atomic E-state index is -3.28. The predicted molar refractivity (Wildman–Crippen MR) is 72.9 cm³/mol. The van der Waals surface area contributed by atoms with Gasteiger partial charge < -0.3 is 9.88 Å². The number of aromatic nitrogens is 1. The largest absolute Gasteiger partial charge is 0.347 e. The number of carbonyl (C=O) groups excluding carboxylic acids is 1. The highest BCUT2D eigenvalue weighted by molar-refractivity contribution is 7.90. The lowest BCUT2D eigenvalue weighted by molar-refractivity contribution is 0.101. The van der Waals surface area contributed by atoms with Gasteiger partial charge in [-0.1, -0.05) is 6.07 Å². The first kappa shape index (κ1) is 13.4. The smallest absolute Gasteiger partial charge is 0.272 e. The maximum absolute atomic E-state index is 12.0. The summed E-state index contributed by atoms with van der Waals surface area (Å²) in [4.78, 5) is 12.2. The van der Waals surface area contributed by atoms with Gasteiger partial charge in [0.05, 0.1) is 4.90 Å². The first-order valence-corrected chi connectivity index (χ1v) is 7.50. The Bertz CT molecular complexity index is 717. The van der Waals surface area contributed by atoms with Crippen molar-refractivity contribution in [3.8, 4) is 0 Å². The third kappa shape index (κ3) is 3.03. The van der Waals surface area contributed by atoms with Gasteiger partial charge in [0.15, 0.2) is 9.84 Å². The Labute approximate surface area is 111 Å². The van der Waals surface area contributed by atoms with Crippen LogP contribution in [0.15, 0.2) is 47.5 Å². The number of sulfone groups is 1. The number of nitrogens with one attached hydrogen (secondary N) is 1. The summed E-state index contributed by atoms with van der Waals surface area (Å²) in [5.74, 6) is -0.279. The summed E-state index contributed by atoms with van der Waals surface area (Å²) in [6.07, 6.45) is 2.90. The molecule has 0 bridgehead atoms. The van der Waals surface area contributed by atoms with Crippen LogP contribution in [-0.4, -0.2) is 25.1 Å². The molecule has 0 saturated carbocycles. The zero-order valence-electron chi connectivity index (χ0n) is 10.6. The van der Waals surface area contributed by atoms with E-state index in [1.54, 1.807) is 42.1 Å². The molecule has 2 rings (SSSR count). The summed E-state index contributed by atoms with van der Waals surface area (Å²) in [6.45, 7) is 0. The van der Waals surface area contributed by atoms with Crippen LogP contribution in [0.25, 0.3) is 0 Å². The SMILES string of the molecule is Cn1cccc1C(=O)Nc1cccc(S(C)(=O)=O)c1. The van der Waals surface area contributed by atoms with E-state index in [-0.39, 0.29) is 10.8 Å². The third-order valence-corrected chi connectivity index (χ3v) is 3.81. The molecule has 0 atom stereocenters. The van der Waals surface area contributed by atoms with Crippen LogP contribution in [0.4, 0.5) is 5.69 Å². The predicted octanol–water partition coefficient (Wildman–Crippen LogP) is 1.68. The minimum absolute atomic E-state index is 0.178. The molecular weight excluding hydrogens is 264 g/mol. The van der Waals surface area contributed by atoms with Crippen LogP contribution in [0.1, 0.15) is 10.5 Å². The van der Waals surface area contributed by atoms with Gasteiger partial charge in [-0.15, -0.1) is 0 Å². The molecule has 0 fully saturated rings. The number of nitrogens with zero attached hydrogens (tertiary/aromatic N) is 1. The van der Waals surface area contributed by atoms with Gasteiger partial charge in [-0.3, -0.25) is 4.79 Å². The molecule has 0 aliphatic heterocycles. The minimum Gasteiger partial charge on any atom is -0.347 e. The highest BCUT2D eigenvalue weighted by Gasteiger charge is 2.11. The van der Waals surface area contributed by atoms with E-state index < -0.39 is 9.84 Å². The number of hydrogen-bond acceptors (Lipinski definition) is 3. The normalized spacial score (nSPS) is 11.3.